The number of aliphatic hydroxyl groups is 1. The Hall–Kier alpha value is -0.550. The second kappa shape index (κ2) is 4.75. The van der Waals surface area contributed by atoms with Gasteiger partial charge in [-0.25, -0.2) is 4.68 Å². The Bertz CT molecular complexity index is 424. The predicted octanol–water partition coefficient (Wildman–Crippen LogP) is 1.98. The van der Waals surface area contributed by atoms with Crippen LogP contribution in [0.4, 0.5) is 0 Å². The van der Waals surface area contributed by atoms with E-state index in [1.807, 2.05) is 6.92 Å². The summed E-state index contributed by atoms with van der Waals surface area (Å²) in [6, 6.07) is -0.0853. The van der Waals surface area contributed by atoms with Crippen LogP contribution in [0.15, 0.2) is 9.27 Å². The third kappa shape index (κ3) is 1.98. The zero-order valence-corrected chi connectivity index (χ0v) is 11.0. The molecule has 0 radical (unpaired) electrons. The summed E-state index contributed by atoms with van der Waals surface area (Å²) in [5.41, 5.74) is 0.852. The number of aryl methyl sites for hydroxylation is 1. The van der Waals surface area contributed by atoms with Crippen molar-refractivity contribution in [1.29, 1.82) is 0 Å². The monoisotopic (exact) mass is 288 g/mol. The van der Waals surface area contributed by atoms with Crippen LogP contribution in [0, 0.1) is 0 Å². The molecule has 1 heterocycles. The van der Waals surface area contributed by atoms with Crippen LogP contribution in [0.1, 0.15) is 44.3 Å². The first kappa shape index (κ1) is 11.9. The van der Waals surface area contributed by atoms with Gasteiger partial charge in [-0.1, -0.05) is 19.8 Å². The standard InChI is InChI=1S/C11H17BrN2O2/c1-2-7-10(12)11(16)14(13-7)8-5-3-4-6-9(8)15/h8-9,13,15H,2-6H2,1H3. The van der Waals surface area contributed by atoms with Crippen molar-refractivity contribution in [3.8, 4) is 0 Å². The summed E-state index contributed by atoms with van der Waals surface area (Å²) in [5, 5.41) is 13.0. The lowest BCUT2D eigenvalue weighted by Gasteiger charge is -2.27. The Morgan fingerprint density at radius 1 is 1.50 bits per heavy atom. The van der Waals surface area contributed by atoms with Gasteiger partial charge in [-0.2, -0.15) is 0 Å². The predicted molar refractivity (Wildman–Crippen MR) is 65.6 cm³/mol. The third-order valence-electron chi connectivity index (χ3n) is 3.31. The molecule has 1 aliphatic carbocycles. The van der Waals surface area contributed by atoms with Crippen molar-refractivity contribution in [1.82, 2.24) is 9.78 Å². The van der Waals surface area contributed by atoms with E-state index in [0.29, 0.717) is 4.47 Å². The van der Waals surface area contributed by atoms with E-state index in [9.17, 15) is 9.90 Å². The van der Waals surface area contributed by atoms with Gasteiger partial charge >= 0.3 is 0 Å². The van der Waals surface area contributed by atoms with Gasteiger partial charge in [0.25, 0.3) is 5.56 Å². The molecule has 1 aromatic heterocycles. The largest absolute Gasteiger partial charge is 0.391 e. The molecule has 2 atom stereocenters. The molecular formula is C11H17BrN2O2. The molecule has 0 bridgehead atoms. The van der Waals surface area contributed by atoms with E-state index in [1.54, 1.807) is 4.68 Å². The molecule has 4 nitrogen and oxygen atoms in total. The summed E-state index contributed by atoms with van der Waals surface area (Å²) in [6.07, 6.45) is 4.17. The van der Waals surface area contributed by atoms with Crippen molar-refractivity contribution in [3.63, 3.8) is 0 Å². The lowest BCUT2D eigenvalue weighted by atomic mass is 9.93. The van der Waals surface area contributed by atoms with E-state index < -0.39 is 6.10 Å². The van der Waals surface area contributed by atoms with Crippen LogP contribution in [-0.2, 0) is 6.42 Å². The number of hydrogen-bond donors (Lipinski definition) is 2. The molecule has 1 fully saturated rings. The van der Waals surface area contributed by atoms with Gasteiger partial charge in [-0.3, -0.25) is 9.89 Å². The number of H-pyrrole nitrogens is 1. The van der Waals surface area contributed by atoms with Crippen molar-refractivity contribution < 1.29 is 5.11 Å². The highest BCUT2D eigenvalue weighted by Crippen LogP contribution is 2.28. The molecule has 16 heavy (non-hydrogen) atoms. The fourth-order valence-corrected chi connectivity index (χ4v) is 2.90. The maximum atomic E-state index is 12.0. The van der Waals surface area contributed by atoms with E-state index >= 15 is 0 Å². The molecule has 2 rings (SSSR count). The van der Waals surface area contributed by atoms with E-state index in [4.69, 9.17) is 0 Å². The van der Waals surface area contributed by atoms with Crippen LogP contribution in [0.5, 0.6) is 0 Å². The molecule has 0 saturated heterocycles. The fourth-order valence-electron chi connectivity index (χ4n) is 2.34. The highest BCUT2D eigenvalue weighted by molar-refractivity contribution is 9.10. The molecule has 1 aliphatic rings. The van der Waals surface area contributed by atoms with Crippen LogP contribution in [0.3, 0.4) is 0 Å². The van der Waals surface area contributed by atoms with Gasteiger partial charge in [-0.05, 0) is 35.2 Å². The number of halogens is 1. The van der Waals surface area contributed by atoms with E-state index in [0.717, 1.165) is 37.8 Å². The Morgan fingerprint density at radius 2 is 2.19 bits per heavy atom. The summed E-state index contributed by atoms with van der Waals surface area (Å²) < 4.78 is 2.19. The molecule has 2 unspecified atom stereocenters. The molecule has 1 aromatic rings. The maximum absolute atomic E-state index is 12.0. The van der Waals surface area contributed by atoms with Crippen molar-refractivity contribution in [2.45, 2.75) is 51.2 Å². The number of nitrogens with zero attached hydrogens (tertiary/aromatic N) is 1. The number of nitrogens with one attached hydrogen (secondary N) is 1. The van der Waals surface area contributed by atoms with E-state index in [-0.39, 0.29) is 11.6 Å². The first-order valence-electron chi connectivity index (χ1n) is 5.82. The molecule has 2 N–H and O–H groups in total. The lowest BCUT2D eigenvalue weighted by molar-refractivity contribution is 0.0676. The van der Waals surface area contributed by atoms with Gasteiger partial charge in [0.1, 0.15) is 4.47 Å². The molecule has 0 amide bonds. The number of aliphatic hydroxyl groups excluding tert-OH is 1. The first-order valence-corrected chi connectivity index (χ1v) is 6.61. The van der Waals surface area contributed by atoms with Gasteiger partial charge in [0.05, 0.1) is 17.8 Å². The third-order valence-corrected chi connectivity index (χ3v) is 4.12. The van der Waals surface area contributed by atoms with Gasteiger partial charge in [0, 0.05) is 0 Å². The summed E-state index contributed by atoms with van der Waals surface area (Å²) in [4.78, 5) is 12.0. The zero-order valence-electron chi connectivity index (χ0n) is 9.37. The fraction of sp³-hybridized carbons (Fsp3) is 0.727. The van der Waals surface area contributed by atoms with Crippen LogP contribution in [0.25, 0.3) is 0 Å². The number of aromatic amines is 1. The SMILES string of the molecule is CCc1[nH]n(C2CCCCC2O)c(=O)c1Br. The number of rotatable bonds is 2. The minimum Gasteiger partial charge on any atom is -0.391 e. The van der Waals surface area contributed by atoms with Gasteiger partial charge in [-0.15, -0.1) is 0 Å². The minimum atomic E-state index is -0.401. The van der Waals surface area contributed by atoms with E-state index in [1.165, 1.54) is 0 Å². The summed E-state index contributed by atoms with van der Waals surface area (Å²) in [5.74, 6) is 0. The van der Waals surface area contributed by atoms with Crippen LogP contribution >= 0.6 is 15.9 Å². The minimum absolute atomic E-state index is 0.0530. The molecule has 1 saturated carbocycles. The molecule has 0 aliphatic heterocycles. The van der Waals surface area contributed by atoms with Crippen LogP contribution in [0.2, 0.25) is 0 Å². The van der Waals surface area contributed by atoms with Crippen molar-refractivity contribution >= 4 is 15.9 Å². The topological polar surface area (TPSA) is 58.0 Å². The second-order valence-corrected chi connectivity index (χ2v) is 5.15. The number of hydrogen-bond acceptors (Lipinski definition) is 2. The van der Waals surface area contributed by atoms with Crippen molar-refractivity contribution in [2.75, 3.05) is 0 Å². The molecule has 0 spiro atoms. The van der Waals surface area contributed by atoms with Gasteiger partial charge < -0.3 is 5.11 Å². The molecule has 0 aromatic carbocycles. The lowest BCUT2D eigenvalue weighted by Crippen LogP contribution is -2.33. The van der Waals surface area contributed by atoms with Crippen LogP contribution < -0.4 is 5.56 Å². The molecular weight excluding hydrogens is 272 g/mol. The smallest absolute Gasteiger partial charge is 0.281 e. The maximum Gasteiger partial charge on any atom is 0.281 e. The average Bonchev–Trinajstić information content (AvgIpc) is 2.57. The Balaban J connectivity index is 2.36. The molecule has 5 heteroatoms. The van der Waals surface area contributed by atoms with Gasteiger partial charge in [0.2, 0.25) is 0 Å². The second-order valence-electron chi connectivity index (χ2n) is 4.35. The molecule has 90 valence electrons. The van der Waals surface area contributed by atoms with Crippen LogP contribution in [-0.4, -0.2) is 21.0 Å². The first-order chi connectivity index (χ1) is 7.65. The average molecular weight is 289 g/mol. The Kier molecular flexibility index (Phi) is 3.54. The van der Waals surface area contributed by atoms with Crippen molar-refractivity contribution in [2.24, 2.45) is 0 Å². The normalized spacial score (nSPS) is 25.9. The van der Waals surface area contributed by atoms with Crippen molar-refractivity contribution in [3.05, 3.63) is 20.5 Å². The van der Waals surface area contributed by atoms with Gasteiger partial charge in [0.15, 0.2) is 0 Å². The quantitative estimate of drug-likeness (QED) is 0.874. The Labute approximate surface area is 103 Å². The number of aromatic nitrogens is 2. The Morgan fingerprint density at radius 3 is 2.75 bits per heavy atom. The zero-order chi connectivity index (χ0) is 11.7. The van der Waals surface area contributed by atoms with E-state index in [2.05, 4.69) is 21.0 Å². The summed E-state index contributed by atoms with van der Waals surface area (Å²) in [7, 11) is 0. The highest BCUT2D eigenvalue weighted by atomic mass is 79.9. The summed E-state index contributed by atoms with van der Waals surface area (Å²) >= 11 is 3.30. The highest BCUT2D eigenvalue weighted by Gasteiger charge is 2.27. The summed E-state index contributed by atoms with van der Waals surface area (Å²) in [6.45, 7) is 2.00.